The molecule has 2 N–H and O–H groups in total. The second-order valence-corrected chi connectivity index (χ2v) is 4.32. The summed E-state index contributed by atoms with van der Waals surface area (Å²) in [5.41, 5.74) is 1.32. The third kappa shape index (κ3) is 3.57. The van der Waals surface area contributed by atoms with Gasteiger partial charge in [0.2, 0.25) is 0 Å². The SMILES string of the molecule is CNC(=O)NCc1ccc(N2CCOCC2)c(F)c1. The normalized spacial score (nSPS) is 15.2. The van der Waals surface area contributed by atoms with Crippen LogP contribution in [0.25, 0.3) is 0 Å². The lowest BCUT2D eigenvalue weighted by atomic mass is 10.1. The van der Waals surface area contributed by atoms with Crippen molar-refractivity contribution in [3.63, 3.8) is 0 Å². The predicted molar refractivity (Wildman–Crippen MR) is 70.7 cm³/mol. The number of amides is 2. The van der Waals surface area contributed by atoms with E-state index >= 15 is 0 Å². The highest BCUT2D eigenvalue weighted by Gasteiger charge is 2.15. The second kappa shape index (κ2) is 6.38. The Morgan fingerprint density at radius 1 is 1.42 bits per heavy atom. The number of nitrogens with one attached hydrogen (secondary N) is 2. The van der Waals surface area contributed by atoms with Gasteiger partial charge in [-0.25, -0.2) is 9.18 Å². The number of urea groups is 1. The van der Waals surface area contributed by atoms with Gasteiger partial charge in [0.15, 0.2) is 0 Å². The minimum absolute atomic E-state index is 0.266. The Labute approximate surface area is 111 Å². The van der Waals surface area contributed by atoms with Crippen LogP contribution in [0.1, 0.15) is 5.56 Å². The number of carbonyl (C=O) groups is 1. The van der Waals surface area contributed by atoms with Crippen LogP contribution < -0.4 is 15.5 Å². The molecule has 0 aromatic heterocycles. The lowest BCUT2D eigenvalue weighted by molar-refractivity contribution is 0.122. The third-order valence-electron chi connectivity index (χ3n) is 3.04. The Morgan fingerprint density at radius 3 is 2.79 bits per heavy atom. The van der Waals surface area contributed by atoms with E-state index in [-0.39, 0.29) is 11.8 Å². The van der Waals surface area contributed by atoms with Crippen LogP contribution in [0.2, 0.25) is 0 Å². The Kier molecular flexibility index (Phi) is 4.57. The maximum atomic E-state index is 14.0. The van der Waals surface area contributed by atoms with Gasteiger partial charge in [-0.15, -0.1) is 0 Å². The van der Waals surface area contributed by atoms with Crippen LogP contribution >= 0.6 is 0 Å². The van der Waals surface area contributed by atoms with E-state index in [0.717, 1.165) is 5.56 Å². The molecule has 0 atom stereocenters. The van der Waals surface area contributed by atoms with Crippen LogP contribution in [0.4, 0.5) is 14.9 Å². The number of nitrogens with zero attached hydrogens (tertiary/aromatic N) is 1. The standard InChI is InChI=1S/C13H18FN3O2/c1-15-13(18)16-9-10-2-3-12(11(14)8-10)17-4-6-19-7-5-17/h2-3,8H,4-7,9H2,1H3,(H2,15,16,18). The van der Waals surface area contributed by atoms with Gasteiger partial charge in [-0.2, -0.15) is 0 Å². The highest BCUT2D eigenvalue weighted by Crippen LogP contribution is 2.21. The fourth-order valence-corrected chi connectivity index (χ4v) is 1.99. The molecule has 1 fully saturated rings. The molecule has 0 aliphatic carbocycles. The zero-order chi connectivity index (χ0) is 13.7. The Bertz CT molecular complexity index is 448. The summed E-state index contributed by atoms with van der Waals surface area (Å²) >= 11 is 0. The molecular weight excluding hydrogens is 249 g/mol. The number of hydrogen-bond donors (Lipinski definition) is 2. The van der Waals surface area contributed by atoms with Crippen LogP contribution in [0, 0.1) is 5.82 Å². The molecule has 2 amide bonds. The summed E-state index contributed by atoms with van der Waals surface area (Å²) in [5, 5.41) is 5.07. The summed E-state index contributed by atoms with van der Waals surface area (Å²) in [6.45, 7) is 2.96. The Balaban J connectivity index is 2.01. The van der Waals surface area contributed by atoms with E-state index in [1.807, 2.05) is 11.0 Å². The zero-order valence-electron chi connectivity index (χ0n) is 10.9. The number of carbonyl (C=O) groups excluding carboxylic acids is 1. The molecule has 19 heavy (non-hydrogen) atoms. The number of halogens is 1. The van der Waals surface area contributed by atoms with Gasteiger partial charge in [0, 0.05) is 26.7 Å². The van der Waals surface area contributed by atoms with Gasteiger partial charge in [-0.1, -0.05) is 6.07 Å². The van der Waals surface area contributed by atoms with Crippen molar-refractivity contribution in [1.29, 1.82) is 0 Å². The molecule has 1 aliphatic heterocycles. The lowest BCUT2D eigenvalue weighted by Gasteiger charge is -2.29. The van der Waals surface area contributed by atoms with E-state index in [4.69, 9.17) is 4.74 Å². The van der Waals surface area contributed by atoms with E-state index in [1.165, 1.54) is 13.1 Å². The van der Waals surface area contributed by atoms with Crippen LogP contribution in [-0.4, -0.2) is 39.4 Å². The van der Waals surface area contributed by atoms with Crippen molar-refractivity contribution in [2.75, 3.05) is 38.3 Å². The lowest BCUT2D eigenvalue weighted by Crippen LogP contribution is -2.36. The first-order chi connectivity index (χ1) is 9.20. The largest absolute Gasteiger partial charge is 0.378 e. The summed E-state index contributed by atoms with van der Waals surface area (Å²) in [7, 11) is 1.54. The molecule has 1 saturated heterocycles. The summed E-state index contributed by atoms with van der Waals surface area (Å²) in [5.74, 6) is -0.266. The highest BCUT2D eigenvalue weighted by atomic mass is 19.1. The molecule has 104 valence electrons. The Morgan fingerprint density at radius 2 is 2.16 bits per heavy atom. The number of rotatable bonds is 3. The van der Waals surface area contributed by atoms with Crippen LogP contribution in [-0.2, 0) is 11.3 Å². The molecule has 6 heteroatoms. The molecule has 0 saturated carbocycles. The first-order valence-electron chi connectivity index (χ1n) is 6.27. The molecule has 1 aromatic rings. The summed E-state index contributed by atoms with van der Waals surface area (Å²) in [6.07, 6.45) is 0. The van der Waals surface area contributed by atoms with E-state index in [2.05, 4.69) is 10.6 Å². The van der Waals surface area contributed by atoms with Gasteiger partial charge in [0.1, 0.15) is 5.82 Å². The second-order valence-electron chi connectivity index (χ2n) is 4.32. The minimum Gasteiger partial charge on any atom is -0.378 e. The fourth-order valence-electron chi connectivity index (χ4n) is 1.99. The highest BCUT2D eigenvalue weighted by molar-refractivity contribution is 5.73. The molecule has 0 spiro atoms. The first-order valence-corrected chi connectivity index (χ1v) is 6.27. The van der Waals surface area contributed by atoms with Gasteiger partial charge in [0.05, 0.1) is 18.9 Å². The predicted octanol–water partition coefficient (Wildman–Crippen LogP) is 1.09. The number of anilines is 1. The van der Waals surface area contributed by atoms with Crippen LogP contribution in [0.5, 0.6) is 0 Å². The van der Waals surface area contributed by atoms with Gasteiger partial charge < -0.3 is 20.3 Å². The van der Waals surface area contributed by atoms with Crippen molar-refractivity contribution < 1.29 is 13.9 Å². The number of hydrogen-bond acceptors (Lipinski definition) is 3. The summed E-state index contributed by atoms with van der Waals surface area (Å²) in [6, 6.07) is 4.75. The third-order valence-corrected chi connectivity index (χ3v) is 3.04. The van der Waals surface area contributed by atoms with Crippen molar-refractivity contribution in [3.05, 3.63) is 29.6 Å². The summed E-state index contributed by atoms with van der Waals surface area (Å²) < 4.78 is 19.3. The molecule has 2 rings (SSSR count). The molecule has 0 bridgehead atoms. The van der Waals surface area contributed by atoms with Crippen molar-refractivity contribution in [3.8, 4) is 0 Å². The average Bonchev–Trinajstić information content (AvgIpc) is 2.45. The zero-order valence-corrected chi connectivity index (χ0v) is 10.9. The fraction of sp³-hybridized carbons (Fsp3) is 0.462. The van der Waals surface area contributed by atoms with Crippen molar-refractivity contribution in [2.45, 2.75) is 6.54 Å². The number of benzene rings is 1. The monoisotopic (exact) mass is 267 g/mol. The van der Waals surface area contributed by atoms with Crippen molar-refractivity contribution >= 4 is 11.7 Å². The number of morpholine rings is 1. The van der Waals surface area contributed by atoms with Gasteiger partial charge in [-0.05, 0) is 17.7 Å². The van der Waals surface area contributed by atoms with Crippen LogP contribution in [0.3, 0.4) is 0 Å². The van der Waals surface area contributed by atoms with Gasteiger partial charge in [-0.3, -0.25) is 0 Å². The van der Waals surface area contributed by atoms with E-state index in [1.54, 1.807) is 6.07 Å². The molecule has 1 aromatic carbocycles. The maximum Gasteiger partial charge on any atom is 0.314 e. The maximum absolute atomic E-state index is 14.0. The number of ether oxygens (including phenoxy) is 1. The molecule has 1 aliphatic rings. The minimum atomic E-state index is -0.280. The summed E-state index contributed by atoms with van der Waals surface area (Å²) in [4.78, 5) is 13.0. The quantitative estimate of drug-likeness (QED) is 0.862. The average molecular weight is 267 g/mol. The molecule has 5 nitrogen and oxygen atoms in total. The van der Waals surface area contributed by atoms with E-state index < -0.39 is 0 Å². The topological polar surface area (TPSA) is 53.6 Å². The van der Waals surface area contributed by atoms with E-state index in [9.17, 15) is 9.18 Å². The van der Waals surface area contributed by atoms with Crippen molar-refractivity contribution in [1.82, 2.24) is 10.6 Å². The molecule has 0 radical (unpaired) electrons. The van der Waals surface area contributed by atoms with Crippen LogP contribution in [0.15, 0.2) is 18.2 Å². The molecule has 0 unspecified atom stereocenters. The molecule has 1 heterocycles. The van der Waals surface area contributed by atoms with Gasteiger partial charge in [0.25, 0.3) is 0 Å². The van der Waals surface area contributed by atoms with Crippen molar-refractivity contribution in [2.24, 2.45) is 0 Å². The van der Waals surface area contributed by atoms with Gasteiger partial charge >= 0.3 is 6.03 Å². The first kappa shape index (κ1) is 13.6. The smallest absolute Gasteiger partial charge is 0.314 e. The van der Waals surface area contributed by atoms with E-state index in [0.29, 0.717) is 38.5 Å². The molecular formula is C13H18FN3O2. The Hall–Kier alpha value is -1.82.